The number of nitrogens with one attached hydrogen (secondary N) is 1. The van der Waals surface area contributed by atoms with Crippen molar-refractivity contribution in [3.05, 3.63) is 30.1 Å². The van der Waals surface area contributed by atoms with E-state index in [-0.39, 0.29) is 5.91 Å². The lowest BCUT2D eigenvalue weighted by Gasteiger charge is -2.29. The summed E-state index contributed by atoms with van der Waals surface area (Å²) in [6.07, 6.45) is 0. The van der Waals surface area contributed by atoms with Gasteiger partial charge < -0.3 is 14.6 Å². The SMILES string of the molecule is CCN(CCN1CCOCC1)C(=O)c1nc2ccccc2[nH]1. The van der Waals surface area contributed by atoms with E-state index in [2.05, 4.69) is 14.9 Å². The van der Waals surface area contributed by atoms with E-state index in [0.717, 1.165) is 43.9 Å². The van der Waals surface area contributed by atoms with Crippen molar-refractivity contribution in [1.29, 1.82) is 0 Å². The summed E-state index contributed by atoms with van der Waals surface area (Å²) in [5, 5.41) is 0. The fourth-order valence-corrected chi connectivity index (χ4v) is 2.69. The molecule has 2 aromatic rings. The number of rotatable bonds is 5. The molecular weight excluding hydrogens is 280 g/mol. The van der Waals surface area contributed by atoms with Crippen molar-refractivity contribution in [2.45, 2.75) is 6.92 Å². The molecule has 0 atom stereocenters. The predicted molar refractivity (Wildman–Crippen MR) is 84.9 cm³/mol. The number of aromatic amines is 1. The molecule has 1 N–H and O–H groups in total. The van der Waals surface area contributed by atoms with Crippen molar-refractivity contribution in [2.75, 3.05) is 45.9 Å². The summed E-state index contributed by atoms with van der Waals surface area (Å²) in [4.78, 5) is 24.3. The lowest BCUT2D eigenvalue weighted by molar-refractivity contribution is 0.0327. The van der Waals surface area contributed by atoms with Gasteiger partial charge in [0.25, 0.3) is 5.91 Å². The highest BCUT2D eigenvalue weighted by molar-refractivity contribution is 5.94. The van der Waals surface area contributed by atoms with Crippen LogP contribution in [-0.4, -0.2) is 71.6 Å². The van der Waals surface area contributed by atoms with Crippen LogP contribution in [0.4, 0.5) is 0 Å². The summed E-state index contributed by atoms with van der Waals surface area (Å²) in [5.74, 6) is 0.386. The zero-order valence-electron chi connectivity index (χ0n) is 12.9. The molecule has 1 aromatic heterocycles. The first-order valence-electron chi connectivity index (χ1n) is 7.82. The number of morpholine rings is 1. The van der Waals surface area contributed by atoms with Gasteiger partial charge in [0.05, 0.1) is 24.2 Å². The molecule has 0 aliphatic carbocycles. The number of benzene rings is 1. The quantitative estimate of drug-likeness (QED) is 0.906. The molecule has 0 bridgehead atoms. The second kappa shape index (κ2) is 6.89. The first-order valence-corrected chi connectivity index (χ1v) is 7.82. The number of amides is 1. The van der Waals surface area contributed by atoms with E-state index >= 15 is 0 Å². The summed E-state index contributed by atoms with van der Waals surface area (Å²) in [7, 11) is 0. The molecule has 0 radical (unpaired) electrons. The van der Waals surface area contributed by atoms with Gasteiger partial charge in [-0.1, -0.05) is 12.1 Å². The lowest BCUT2D eigenvalue weighted by atomic mass is 10.3. The van der Waals surface area contributed by atoms with Crippen molar-refractivity contribution in [3.8, 4) is 0 Å². The molecule has 1 saturated heterocycles. The molecule has 6 heteroatoms. The second-order valence-electron chi connectivity index (χ2n) is 5.44. The Hall–Kier alpha value is -1.92. The van der Waals surface area contributed by atoms with Crippen LogP contribution in [0.25, 0.3) is 11.0 Å². The molecule has 0 unspecified atom stereocenters. The van der Waals surface area contributed by atoms with Crippen LogP contribution in [0.15, 0.2) is 24.3 Å². The van der Waals surface area contributed by atoms with Crippen molar-refractivity contribution < 1.29 is 9.53 Å². The molecule has 1 fully saturated rings. The number of aromatic nitrogens is 2. The number of ether oxygens (including phenoxy) is 1. The maximum Gasteiger partial charge on any atom is 0.289 e. The zero-order valence-corrected chi connectivity index (χ0v) is 12.9. The van der Waals surface area contributed by atoms with E-state index in [1.807, 2.05) is 36.1 Å². The van der Waals surface area contributed by atoms with Crippen molar-refractivity contribution in [2.24, 2.45) is 0 Å². The molecule has 1 aromatic carbocycles. The molecule has 3 rings (SSSR count). The van der Waals surface area contributed by atoms with Crippen LogP contribution in [0.3, 0.4) is 0 Å². The van der Waals surface area contributed by atoms with E-state index in [1.165, 1.54) is 0 Å². The maximum absolute atomic E-state index is 12.6. The first-order chi connectivity index (χ1) is 10.8. The molecule has 1 aliphatic heterocycles. The number of carbonyl (C=O) groups excluding carboxylic acids is 1. The van der Waals surface area contributed by atoms with Crippen LogP contribution in [0.5, 0.6) is 0 Å². The van der Waals surface area contributed by atoms with E-state index < -0.39 is 0 Å². The molecular formula is C16H22N4O2. The highest BCUT2D eigenvalue weighted by atomic mass is 16.5. The number of carbonyl (C=O) groups is 1. The number of fused-ring (bicyclic) bond motifs is 1. The minimum absolute atomic E-state index is 0.0352. The largest absolute Gasteiger partial charge is 0.379 e. The van der Waals surface area contributed by atoms with E-state index in [9.17, 15) is 4.79 Å². The number of likely N-dealkylation sites (N-methyl/N-ethyl adjacent to an activating group) is 1. The van der Waals surface area contributed by atoms with Gasteiger partial charge in [-0.05, 0) is 19.1 Å². The molecule has 1 amide bonds. The molecule has 0 saturated carbocycles. The van der Waals surface area contributed by atoms with Gasteiger partial charge in [-0.15, -0.1) is 0 Å². The van der Waals surface area contributed by atoms with Gasteiger partial charge >= 0.3 is 0 Å². The molecule has 1 aliphatic rings. The van der Waals surface area contributed by atoms with Crippen LogP contribution >= 0.6 is 0 Å². The summed E-state index contributed by atoms with van der Waals surface area (Å²) < 4.78 is 5.35. The molecule has 6 nitrogen and oxygen atoms in total. The summed E-state index contributed by atoms with van der Waals surface area (Å²) >= 11 is 0. The van der Waals surface area contributed by atoms with Gasteiger partial charge in [0, 0.05) is 32.7 Å². The fourth-order valence-electron chi connectivity index (χ4n) is 2.69. The molecule has 2 heterocycles. The highest BCUT2D eigenvalue weighted by Crippen LogP contribution is 2.12. The number of H-pyrrole nitrogens is 1. The molecule has 22 heavy (non-hydrogen) atoms. The minimum Gasteiger partial charge on any atom is -0.379 e. The number of hydrogen-bond acceptors (Lipinski definition) is 4. The van der Waals surface area contributed by atoms with Crippen LogP contribution in [0.1, 0.15) is 17.5 Å². The van der Waals surface area contributed by atoms with E-state index in [4.69, 9.17) is 4.74 Å². The van der Waals surface area contributed by atoms with Gasteiger partial charge in [0.15, 0.2) is 5.82 Å². The van der Waals surface area contributed by atoms with Gasteiger partial charge in [0.1, 0.15) is 0 Å². The number of hydrogen-bond donors (Lipinski definition) is 1. The maximum atomic E-state index is 12.6. The first kappa shape index (κ1) is 15.0. The van der Waals surface area contributed by atoms with Crippen LogP contribution in [0.2, 0.25) is 0 Å². The van der Waals surface area contributed by atoms with Crippen LogP contribution in [-0.2, 0) is 4.74 Å². The third kappa shape index (κ3) is 3.28. The van der Waals surface area contributed by atoms with Crippen molar-refractivity contribution in [1.82, 2.24) is 19.8 Å². The van der Waals surface area contributed by atoms with Gasteiger partial charge in [-0.25, -0.2) is 4.98 Å². The third-order valence-corrected chi connectivity index (χ3v) is 4.05. The highest BCUT2D eigenvalue weighted by Gasteiger charge is 2.19. The van der Waals surface area contributed by atoms with Gasteiger partial charge in [-0.2, -0.15) is 0 Å². The predicted octanol–water partition coefficient (Wildman–Crippen LogP) is 1.36. The number of para-hydroxylation sites is 2. The zero-order chi connectivity index (χ0) is 15.4. The Morgan fingerprint density at radius 2 is 2.14 bits per heavy atom. The summed E-state index contributed by atoms with van der Waals surface area (Å²) in [6.45, 7) is 7.72. The van der Waals surface area contributed by atoms with Crippen molar-refractivity contribution >= 4 is 16.9 Å². The van der Waals surface area contributed by atoms with Gasteiger partial charge in [0.2, 0.25) is 0 Å². The average Bonchev–Trinajstić information content (AvgIpc) is 3.00. The van der Waals surface area contributed by atoms with Crippen molar-refractivity contribution in [3.63, 3.8) is 0 Å². The van der Waals surface area contributed by atoms with Crippen LogP contribution < -0.4 is 0 Å². The van der Waals surface area contributed by atoms with Crippen LogP contribution in [0, 0.1) is 0 Å². The Balaban J connectivity index is 1.65. The van der Waals surface area contributed by atoms with Gasteiger partial charge in [-0.3, -0.25) is 9.69 Å². The normalized spacial score (nSPS) is 16.0. The Morgan fingerprint density at radius 3 is 2.86 bits per heavy atom. The Kier molecular flexibility index (Phi) is 4.70. The molecule has 0 spiro atoms. The van der Waals surface area contributed by atoms with E-state index in [1.54, 1.807) is 0 Å². The lowest BCUT2D eigenvalue weighted by Crippen LogP contribution is -2.43. The fraction of sp³-hybridized carbons (Fsp3) is 0.500. The summed E-state index contributed by atoms with van der Waals surface area (Å²) in [6, 6.07) is 7.70. The van der Waals surface area contributed by atoms with E-state index in [0.29, 0.717) is 18.9 Å². The summed E-state index contributed by atoms with van der Waals surface area (Å²) in [5.41, 5.74) is 1.73. The average molecular weight is 302 g/mol. The standard InChI is InChI=1S/C16H22N4O2/c1-2-20(8-7-19-9-11-22-12-10-19)16(21)15-17-13-5-3-4-6-14(13)18-15/h3-6H,2,7-12H2,1H3,(H,17,18). The second-order valence-corrected chi connectivity index (χ2v) is 5.44. The Labute approximate surface area is 130 Å². The Bertz CT molecular complexity index is 601. The number of imidazole rings is 1. The Morgan fingerprint density at radius 1 is 1.36 bits per heavy atom. The smallest absolute Gasteiger partial charge is 0.289 e. The number of nitrogens with zero attached hydrogens (tertiary/aromatic N) is 3. The minimum atomic E-state index is -0.0352. The topological polar surface area (TPSA) is 61.5 Å². The third-order valence-electron chi connectivity index (χ3n) is 4.05. The molecule has 118 valence electrons. The monoisotopic (exact) mass is 302 g/mol.